The molecule has 0 saturated carbocycles. The van der Waals surface area contributed by atoms with Crippen LogP contribution in [0.3, 0.4) is 0 Å². The lowest BCUT2D eigenvalue weighted by Crippen LogP contribution is -2.39. The molecule has 11 nitrogen and oxygen atoms in total. The molecule has 0 aliphatic carbocycles. The maximum Gasteiger partial charge on any atom is 0.178 e. The first-order valence-electron chi connectivity index (χ1n) is 29.4. The van der Waals surface area contributed by atoms with Crippen LogP contribution in [0.25, 0.3) is 44.1 Å². The van der Waals surface area contributed by atoms with Gasteiger partial charge in [0.15, 0.2) is 5.78 Å². The van der Waals surface area contributed by atoms with Gasteiger partial charge >= 0.3 is 0 Å². The van der Waals surface area contributed by atoms with E-state index < -0.39 is 0 Å². The van der Waals surface area contributed by atoms with Gasteiger partial charge in [-0.3, -0.25) is 30.1 Å². The Hall–Kier alpha value is -9.12. The van der Waals surface area contributed by atoms with Crippen molar-refractivity contribution in [2.24, 2.45) is 5.10 Å². The van der Waals surface area contributed by atoms with E-state index in [4.69, 9.17) is 0 Å². The molecule has 0 amide bonds. The van der Waals surface area contributed by atoms with Gasteiger partial charge in [0.25, 0.3) is 0 Å². The number of nitrogens with one attached hydrogen (secondary N) is 5. The summed E-state index contributed by atoms with van der Waals surface area (Å²) in [5.41, 5.74) is 16.7. The molecule has 5 aromatic carbocycles. The molecule has 16 heteroatoms. The van der Waals surface area contributed by atoms with Gasteiger partial charge in [-0.2, -0.15) is 5.10 Å². The number of ketones is 1. The lowest BCUT2D eigenvalue weighted by molar-refractivity contribution is 0.0822. The summed E-state index contributed by atoms with van der Waals surface area (Å²) in [7, 11) is 0. The fourth-order valence-corrected chi connectivity index (χ4v) is 10.8. The van der Waals surface area contributed by atoms with E-state index in [0.29, 0.717) is 23.8 Å². The number of aromatic amines is 3. The number of carbonyl (C=O) groups excluding carboxylic acids is 1. The van der Waals surface area contributed by atoms with Crippen LogP contribution in [0.5, 0.6) is 0 Å². The van der Waals surface area contributed by atoms with E-state index in [0.717, 1.165) is 115 Å². The molecule has 0 radical (unpaired) electrons. The van der Waals surface area contributed by atoms with Gasteiger partial charge in [0, 0.05) is 92.8 Å². The number of hydrazone groups is 1. The Bertz CT molecular complexity index is 4100. The summed E-state index contributed by atoms with van der Waals surface area (Å²) in [6.45, 7) is 14.4. The zero-order valence-corrected chi connectivity index (χ0v) is 50.0. The van der Waals surface area contributed by atoms with Gasteiger partial charge in [-0.1, -0.05) is 30.3 Å². The Labute approximate surface area is 504 Å². The van der Waals surface area contributed by atoms with Crippen LogP contribution < -0.4 is 10.7 Å². The molecule has 87 heavy (non-hydrogen) atoms. The predicted molar refractivity (Wildman–Crippen MR) is 340 cm³/mol. The quantitative estimate of drug-likeness (QED) is 0.0419. The molecule has 4 atom stereocenters. The van der Waals surface area contributed by atoms with Crippen LogP contribution in [-0.4, -0.2) is 58.4 Å². The summed E-state index contributed by atoms with van der Waals surface area (Å²) in [6, 6.07) is 52.0. The molecule has 6 aromatic heterocycles. The van der Waals surface area contributed by atoms with Crippen LogP contribution >= 0.6 is 0 Å². The van der Waals surface area contributed by atoms with E-state index >= 15 is 0 Å². The molecule has 2 fully saturated rings. The van der Waals surface area contributed by atoms with Crippen LogP contribution in [0.15, 0.2) is 181 Å². The number of H-pyrrole nitrogens is 3. The molecule has 448 valence electrons. The molecule has 5 N–H and O–H groups in total. The maximum absolute atomic E-state index is 13.5. The van der Waals surface area contributed by atoms with Gasteiger partial charge in [-0.05, 0) is 231 Å². The first kappa shape index (κ1) is 62.4. The lowest BCUT2D eigenvalue weighted by atomic mass is 9.93. The van der Waals surface area contributed by atoms with E-state index in [9.17, 15) is 26.7 Å². The van der Waals surface area contributed by atoms with Gasteiger partial charge in [0.2, 0.25) is 0 Å². The number of nitrogens with zero attached hydrogens (tertiary/aromatic N) is 5. The summed E-state index contributed by atoms with van der Waals surface area (Å²) in [4.78, 5) is 36.1. The molecule has 0 bridgehead atoms. The number of piperidine rings is 2. The van der Waals surface area contributed by atoms with Gasteiger partial charge in [-0.15, -0.1) is 0 Å². The Morgan fingerprint density at radius 2 is 1.05 bits per heavy atom. The second-order valence-corrected chi connectivity index (χ2v) is 22.3. The van der Waals surface area contributed by atoms with Gasteiger partial charge < -0.3 is 20.3 Å². The van der Waals surface area contributed by atoms with Gasteiger partial charge in [0.1, 0.15) is 34.8 Å². The Morgan fingerprint density at radius 3 is 1.62 bits per heavy atom. The van der Waals surface area contributed by atoms with Crippen LogP contribution in [0.1, 0.15) is 129 Å². The number of carbonyl (C=O) groups is 1. The zero-order valence-electron chi connectivity index (χ0n) is 50.0. The smallest absolute Gasteiger partial charge is 0.178 e. The minimum Gasteiger partial charge on any atom is -0.357 e. The van der Waals surface area contributed by atoms with Crippen LogP contribution in [0.2, 0.25) is 0 Å². The maximum atomic E-state index is 13.5. The molecule has 2 aliphatic heterocycles. The fraction of sp³-hybridized carbons (Fsp3) is 0.254. The number of benzene rings is 5. The van der Waals surface area contributed by atoms with Crippen molar-refractivity contribution < 1.29 is 26.7 Å². The van der Waals surface area contributed by atoms with Crippen LogP contribution in [-0.2, 0) is 6.54 Å². The molecule has 11 aromatic rings. The number of Topliss-reactive ketones (excluding diaryl/α,β-unsaturated/α-hetero) is 1. The molecule has 0 spiro atoms. The van der Waals surface area contributed by atoms with E-state index in [1.54, 1.807) is 48.5 Å². The molecule has 13 rings (SSSR count). The van der Waals surface area contributed by atoms with Crippen molar-refractivity contribution in [2.75, 3.05) is 5.43 Å². The number of fused-ring (bicyclic) bond motifs is 3. The average Bonchev–Trinajstić information content (AvgIpc) is 2.62. The van der Waals surface area contributed by atoms with Crippen molar-refractivity contribution in [3.05, 3.63) is 250 Å². The van der Waals surface area contributed by atoms with Crippen molar-refractivity contribution >= 4 is 49.9 Å². The number of rotatable bonds is 9. The van der Waals surface area contributed by atoms with Crippen molar-refractivity contribution in [2.45, 2.75) is 118 Å². The number of pyridine rings is 3. The van der Waals surface area contributed by atoms with Gasteiger partial charge in [-0.25, -0.2) is 22.0 Å². The SMILES string of the molecule is C/C(=N\Nc1ccc(F)cc1)c1cccc(C)n1.CC(=O)c1cccc(C)n1.CC1CCCC(c2cc3cc(F)ccc3[nH]2)N1.CC1CCCC(c2cc3cc(F)ccc3[nH]2)N1Cc1ccc(F)cc1.Cc1cccc(-c2cc3cc(F)ccc3[nH]2)n1. The summed E-state index contributed by atoms with van der Waals surface area (Å²) in [6.07, 6.45) is 7.05. The number of halogens is 5. The highest BCUT2D eigenvalue weighted by Gasteiger charge is 2.30. The number of hydrogen-bond donors (Lipinski definition) is 5. The Morgan fingerprint density at radius 1 is 0.540 bits per heavy atom. The highest BCUT2D eigenvalue weighted by molar-refractivity contribution is 5.97. The monoisotopic (exact) mass is 1180 g/mol. The second-order valence-electron chi connectivity index (χ2n) is 22.3. The molecule has 8 heterocycles. The fourth-order valence-electron chi connectivity index (χ4n) is 10.8. The van der Waals surface area contributed by atoms with E-state index in [-0.39, 0.29) is 40.9 Å². The van der Waals surface area contributed by atoms with Crippen molar-refractivity contribution in [3.8, 4) is 11.4 Å². The van der Waals surface area contributed by atoms with Crippen molar-refractivity contribution in [1.82, 2.24) is 40.1 Å². The van der Waals surface area contributed by atoms with Crippen LogP contribution in [0, 0.1) is 49.9 Å². The highest BCUT2D eigenvalue weighted by Crippen LogP contribution is 2.37. The largest absolute Gasteiger partial charge is 0.357 e. The number of hydrogen-bond acceptors (Lipinski definition) is 8. The molecule has 2 aliphatic rings. The first-order chi connectivity index (χ1) is 41.9. The number of likely N-dealkylation sites (tertiary alicyclic amines) is 1. The Balaban J connectivity index is 0.000000133. The van der Waals surface area contributed by atoms with Crippen molar-refractivity contribution in [3.63, 3.8) is 0 Å². The van der Waals surface area contributed by atoms with Crippen LogP contribution in [0.4, 0.5) is 27.6 Å². The van der Waals surface area contributed by atoms with E-state index in [2.05, 4.69) is 76.6 Å². The van der Waals surface area contributed by atoms with Crippen molar-refractivity contribution in [1.29, 1.82) is 0 Å². The lowest BCUT2D eigenvalue weighted by Gasteiger charge is -2.40. The topological polar surface area (TPSA) is 143 Å². The summed E-state index contributed by atoms with van der Waals surface area (Å²) < 4.78 is 65.6. The zero-order chi connectivity index (χ0) is 61.6. The predicted octanol–water partition coefficient (Wildman–Crippen LogP) is 17.7. The average molecular weight is 1180 g/mol. The Kier molecular flexibility index (Phi) is 21.0. The standard InChI is InChI=1S/C21H22F2N2.C14H14FN3.C14H17FN2.C14H11FN2.C8H9NO/c1-14-3-2-4-21(25(14)13-15-5-7-17(22)8-6-15)20-12-16-11-18(23)9-10-19(16)24-20;1-10-4-3-5-14(16-10)11(2)17-18-13-8-6-12(15)7-9-13;2*1-9-3-2-4-13(16-9)14-8-10-7-11(15)5-6-12(10)17-14;1-6-4-3-5-8(9-6)7(2)10/h5-12,14,21,24H,2-4,13H2,1H3;3-9,18H,1-2H3;5-9,13,16-17H,2-4H2,1H3;2-8,17H,1H3;3-5H,1-2H3/b;17-11+;;;. The number of aromatic nitrogens is 6. The number of anilines is 1. The number of aryl methyl sites for hydroxylation is 3. The second kappa shape index (κ2) is 29.3. The molecule has 2 saturated heterocycles. The summed E-state index contributed by atoms with van der Waals surface area (Å²) in [5, 5.41) is 10.5. The molecular weight excluding hydrogens is 1100 g/mol. The summed E-state index contributed by atoms with van der Waals surface area (Å²) in [5.74, 6) is -1.05. The third kappa shape index (κ3) is 17.5. The van der Waals surface area contributed by atoms with Gasteiger partial charge in [0.05, 0.1) is 34.5 Å². The summed E-state index contributed by atoms with van der Waals surface area (Å²) >= 11 is 0. The molecular formula is C71H73F5N10O. The minimum atomic E-state index is -0.262. The molecule has 4 unspecified atom stereocenters. The van der Waals surface area contributed by atoms with E-state index in [1.165, 1.54) is 80.4 Å². The highest BCUT2D eigenvalue weighted by atomic mass is 19.1. The normalized spacial score (nSPS) is 16.8. The third-order valence-electron chi connectivity index (χ3n) is 15.4. The minimum absolute atomic E-state index is 0.0173. The third-order valence-corrected chi connectivity index (χ3v) is 15.4. The van der Waals surface area contributed by atoms with E-state index in [1.807, 2.05) is 94.4 Å². The first-order valence-corrected chi connectivity index (χ1v) is 29.4.